The van der Waals surface area contributed by atoms with E-state index in [-0.39, 0.29) is 37.2 Å². The predicted octanol–water partition coefficient (Wildman–Crippen LogP) is 0.755. The molecule has 0 saturated carbocycles. The summed E-state index contributed by atoms with van der Waals surface area (Å²) in [5, 5.41) is 5.80. The average Bonchev–Trinajstić information content (AvgIpc) is 2.50. The van der Waals surface area contributed by atoms with E-state index in [0.717, 1.165) is 12.6 Å². The molecule has 2 amide bonds. The molecule has 9 heteroatoms. The quantitative estimate of drug-likeness (QED) is 0.721. The summed E-state index contributed by atoms with van der Waals surface area (Å²) in [5.41, 5.74) is 0.391. The second-order valence-corrected chi connectivity index (χ2v) is 6.40. The van der Waals surface area contributed by atoms with E-state index in [2.05, 4.69) is 10.6 Å². The average molecular weight is 391 g/mol. The maximum absolute atomic E-state index is 13.3. The lowest BCUT2D eigenvalue weighted by molar-refractivity contribution is -0.138. The summed E-state index contributed by atoms with van der Waals surface area (Å²) in [4.78, 5) is 27.9. The van der Waals surface area contributed by atoms with Crippen molar-refractivity contribution >= 4 is 24.2 Å². The molecular formula is C17H25ClF2N4O2. The number of hydrogen-bond donors (Lipinski definition) is 2. The number of rotatable bonds is 7. The number of benzene rings is 1. The Morgan fingerprint density at radius 1 is 1.31 bits per heavy atom. The van der Waals surface area contributed by atoms with Crippen LogP contribution in [0.25, 0.3) is 0 Å². The van der Waals surface area contributed by atoms with Gasteiger partial charge in [0.2, 0.25) is 11.8 Å². The minimum Gasteiger partial charge on any atom is -0.355 e. The van der Waals surface area contributed by atoms with Gasteiger partial charge in [0.25, 0.3) is 0 Å². The Bertz CT molecular complexity index is 611. The van der Waals surface area contributed by atoms with Crippen LogP contribution in [-0.4, -0.2) is 67.9 Å². The summed E-state index contributed by atoms with van der Waals surface area (Å²) < 4.78 is 26.6. The number of hydrogen-bond acceptors (Lipinski definition) is 4. The molecule has 0 aromatic heterocycles. The van der Waals surface area contributed by atoms with E-state index < -0.39 is 17.7 Å². The first kappa shape index (κ1) is 22.3. The fourth-order valence-corrected chi connectivity index (χ4v) is 2.71. The number of nitrogens with one attached hydrogen (secondary N) is 2. The third-order valence-electron chi connectivity index (χ3n) is 3.95. The largest absolute Gasteiger partial charge is 0.355 e. The maximum atomic E-state index is 13.3. The molecule has 1 saturated heterocycles. The van der Waals surface area contributed by atoms with Crippen molar-refractivity contribution in [1.29, 1.82) is 0 Å². The summed E-state index contributed by atoms with van der Waals surface area (Å²) in [6.45, 7) is 2.30. The normalized spacial score (nSPS) is 17.2. The lowest BCUT2D eigenvalue weighted by atomic mass is 10.1. The molecule has 0 bridgehead atoms. The SMILES string of the molecule is CN(C)CCNC(=O)CC1NCCN(Cc2cc(F)cc(F)c2)C1=O.Cl. The van der Waals surface area contributed by atoms with Crippen molar-refractivity contribution in [2.45, 2.75) is 19.0 Å². The number of likely N-dealkylation sites (N-methyl/N-ethyl adjacent to an activating group) is 1. The first-order valence-corrected chi connectivity index (χ1v) is 8.23. The standard InChI is InChI=1S/C17H24F2N4O2.ClH/c1-22(2)5-3-21-16(24)10-15-17(25)23(6-4-20-15)11-12-7-13(18)9-14(19)8-12;/h7-9,15,20H,3-6,10-11H2,1-2H3,(H,21,24);1H. The molecule has 6 nitrogen and oxygen atoms in total. The van der Waals surface area contributed by atoms with Crippen LogP contribution in [0.5, 0.6) is 0 Å². The second kappa shape index (κ2) is 10.4. The molecule has 1 aliphatic rings. The van der Waals surface area contributed by atoms with Crippen LogP contribution < -0.4 is 10.6 Å². The monoisotopic (exact) mass is 390 g/mol. The Labute approximate surface area is 158 Å². The van der Waals surface area contributed by atoms with E-state index in [1.807, 2.05) is 19.0 Å². The molecule has 1 heterocycles. The van der Waals surface area contributed by atoms with Crippen molar-refractivity contribution in [1.82, 2.24) is 20.4 Å². The summed E-state index contributed by atoms with van der Waals surface area (Å²) in [6, 6.07) is 2.60. The molecule has 1 aromatic carbocycles. The molecule has 146 valence electrons. The van der Waals surface area contributed by atoms with Gasteiger partial charge in [0.05, 0.1) is 12.5 Å². The highest BCUT2D eigenvalue weighted by molar-refractivity contribution is 5.88. The van der Waals surface area contributed by atoms with E-state index in [9.17, 15) is 18.4 Å². The summed E-state index contributed by atoms with van der Waals surface area (Å²) in [5.74, 6) is -1.78. The van der Waals surface area contributed by atoms with Gasteiger partial charge < -0.3 is 20.4 Å². The van der Waals surface area contributed by atoms with Gasteiger partial charge in [0.1, 0.15) is 11.6 Å². The highest BCUT2D eigenvalue weighted by Crippen LogP contribution is 2.13. The summed E-state index contributed by atoms with van der Waals surface area (Å²) in [7, 11) is 3.82. The third-order valence-corrected chi connectivity index (χ3v) is 3.95. The van der Waals surface area contributed by atoms with Crippen LogP contribution in [0.3, 0.4) is 0 Å². The van der Waals surface area contributed by atoms with Crippen LogP contribution in [0.4, 0.5) is 8.78 Å². The van der Waals surface area contributed by atoms with Crippen LogP contribution >= 0.6 is 12.4 Å². The zero-order chi connectivity index (χ0) is 18.4. The highest BCUT2D eigenvalue weighted by atomic mass is 35.5. The van der Waals surface area contributed by atoms with Gasteiger partial charge in [0.15, 0.2) is 0 Å². The van der Waals surface area contributed by atoms with Crippen molar-refractivity contribution < 1.29 is 18.4 Å². The lowest BCUT2D eigenvalue weighted by Gasteiger charge is -2.33. The molecule has 1 aromatic rings. The highest BCUT2D eigenvalue weighted by Gasteiger charge is 2.30. The van der Waals surface area contributed by atoms with Crippen LogP contribution in [0.15, 0.2) is 18.2 Å². The Morgan fingerprint density at radius 3 is 2.58 bits per heavy atom. The molecular weight excluding hydrogens is 366 g/mol. The van der Waals surface area contributed by atoms with E-state index in [1.54, 1.807) is 0 Å². The van der Waals surface area contributed by atoms with Crippen LogP contribution in [0.1, 0.15) is 12.0 Å². The molecule has 0 spiro atoms. The Balaban J connectivity index is 0.00000338. The summed E-state index contributed by atoms with van der Waals surface area (Å²) in [6.07, 6.45) is 0.0419. The molecule has 26 heavy (non-hydrogen) atoms. The van der Waals surface area contributed by atoms with Gasteiger partial charge in [-0.2, -0.15) is 0 Å². The van der Waals surface area contributed by atoms with Crippen molar-refractivity contribution in [2.75, 3.05) is 40.3 Å². The third kappa shape index (κ3) is 6.86. The molecule has 1 fully saturated rings. The topological polar surface area (TPSA) is 64.7 Å². The Morgan fingerprint density at radius 2 is 1.96 bits per heavy atom. The van der Waals surface area contributed by atoms with Crippen molar-refractivity contribution in [2.24, 2.45) is 0 Å². The van der Waals surface area contributed by atoms with Crippen molar-refractivity contribution in [3.05, 3.63) is 35.4 Å². The molecule has 0 aliphatic carbocycles. The van der Waals surface area contributed by atoms with E-state index in [1.165, 1.54) is 17.0 Å². The van der Waals surface area contributed by atoms with Crippen LogP contribution in [-0.2, 0) is 16.1 Å². The number of halogens is 3. The Kier molecular flexibility index (Phi) is 8.91. The van der Waals surface area contributed by atoms with Gasteiger partial charge in [-0.15, -0.1) is 12.4 Å². The fraction of sp³-hybridized carbons (Fsp3) is 0.529. The first-order valence-electron chi connectivity index (χ1n) is 8.23. The van der Waals surface area contributed by atoms with Gasteiger partial charge in [-0.25, -0.2) is 8.78 Å². The number of nitrogens with zero attached hydrogens (tertiary/aromatic N) is 2. The number of carbonyl (C=O) groups is 2. The minimum absolute atomic E-state index is 0. The lowest BCUT2D eigenvalue weighted by Crippen LogP contribution is -2.56. The van der Waals surface area contributed by atoms with Gasteiger partial charge in [-0.3, -0.25) is 9.59 Å². The number of piperazine rings is 1. The van der Waals surface area contributed by atoms with E-state index >= 15 is 0 Å². The second-order valence-electron chi connectivity index (χ2n) is 6.40. The minimum atomic E-state index is -0.672. The summed E-state index contributed by atoms with van der Waals surface area (Å²) >= 11 is 0. The van der Waals surface area contributed by atoms with E-state index in [4.69, 9.17) is 0 Å². The van der Waals surface area contributed by atoms with Gasteiger partial charge in [-0.05, 0) is 31.8 Å². The van der Waals surface area contributed by atoms with Crippen LogP contribution in [0.2, 0.25) is 0 Å². The maximum Gasteiger partial charge on any atom is 0.240 e. The number of amides is 2. The van der Waals surface area contributed by atoms with Crippen molar-refractivity contribution in [3.63, 3.8) is 0 Å². The first-order chi connectivity index (χ1) is 11.8. The zero-order valence-electron chi connectivity index (χ0n) is 14.9. The molecule has 2 rings (SSSR count). The smallest absolute Gasteiger partial charge is 0.240 e. The number of carbonyl (C=O) groups excluding carboxylic acids is 2. The fourth-order valence-electron chi connectivity index (χ4n) is 2.71. The molecule has 1 unspecified atom stereocenters. The molecule has 1 aliphatic heterocycles. The van der Waals surface area contributed by atoms with Crippen LogP contribution in [0, 0.1) is 11.6 Å². The van der Waals surface area contributed by atoms with E-state index in [0.29, 0.717) is 25.2 Å². The van der Waals surface area contributed by atoms with Crippen molar-refractivity contribution in [3.8, 4) is 0 Å². The van der Waals surface area contributed by atoms with Gasteiger partial charge in [-0.1, -0.05) is 0 Å². The molecule has 0 radical (unpaired) electrons. The molecule has 1 atom stereocenters. The Hall–Kier alpha value is -1.77. The predicted molar refractivity (Wildman–Crippen MR) is 97.0 cm³/mol. The zero-order valence-corrected chi connectivity index (χ0v) is 15.7. The van der Waals surface area contributed by atoms with Gasteiger partial charge in [0, 0.05) is 38.8 Å². The van der Waals surface area contributed by atoms with Gasteiger partial charge >= 0.3 is 0 Å². The molecule has 2 N–H and O–H groups in total.